The van der Waals surface area contributed by atoms with Crippen molar-refractivity contribution in [3.05, 3.63) is 35.6 Å². The second-order valence-electron chi connectivity index (χ2n) is 4.20. The molecule has 0 saturated heterocycles. The van der Waals surface area contributed by atoms with Gasteiger partial charge in [-0.15, -0.1) is 0 Å². The van der Waals surface area contributed by atoms with Crippen LogP contribution in [0.5, 0.6) is 0 Å². The van der Waals surface area contributed by atoms with Crippen LogP contribution in [0, 0.1) is 5.82 Å². The first kappa shape index (κ1) is 12.4. The van der Waals surface area contributed by atoms with Gasteiger partial charge in [0, 0.05) is 12.0 Å². The fourth-order valence-electron chi connectivity index (χ4n) is 1.46. The van der Waals surface area contributed by atoms with Gasteiger partial charge < -0.3 is 5.32 Å². The Morgan fingerprint density at radius 3 is 2.62 bits per heavy atom. The van der Waals surface area contributed by atoms with Crippen molar-refractivity contribution in [1.29, 1.82) is 0 Å². The van der Waals surface area contributed by atoms with E-state index in [0.29, 0.717) is 5.56 Å². The first-order valence-electron chi connectivity index (χ1n) is 4.95. The summed E-state index contributed by atoms with van der Waals surface area (Å²) in [6.07, 6.45) is 0.206. The number of carbonyl (C=O) groups is 2. The Hall–Kier alpha value is -1.71. The quantitative estimate of drug-likeness (QED) is 0.619. The minimum absolute atomic E-state index is 0.206. The average Bonchev–Trinajstić information content (AvgIpc) is 2.26. The molecule has 0 spiro atoms. The third-order valence-electron chi connectivity index (χ3n) is 2.41. The fourth-order valence-corrected chi connectivity index (χ4v) is 1.46. The van der Waals surface area contributed by atoms with Gasteiger partial charge in [-0.2, -0.15) is 0 Å². The Morgan fingerprint density at radius 1 is 1.44 bits per heavy atom. The van der Waals surface area contributed by atoms with Crippen molar-refractivity contribution in [2.24, 2.45) is 0 Å². The van der Waals surface area contributed by atoms with Crippen molar-refractivity contribution < 1.29 is 14.0 Å². The fraction of sp³-hybridized carbons (Fsp3) is 0.333. The Balaban J connectivity index is 2.81. The van der Waals surface area contributed by atoms with Gasteiger partial charge in [-0.1, -0.05) is 32.0 Å². The molecule has 0 saturated carbocycles. The number of aldehydes is 1. The molecule has 0 aliphatic rings. The summed E-state index contributed by atoms with van der Waals surface area (Å²) in [7, 11) is 0. The van der Waals surface area contributed by atoms with Crippen LogP contribution in [0.15, 0.2) is 24.3 Å². The van der Waals surface area contributed by atoms with E-state index in [4.69, 9.17) is 0 Å². The molecule has 1 amide bonds. The van der Waals surface area contributed by atoms with Crippen LogP contribution in [0.25, 0.3) is 0 Å². The monoisotopic (exact) mass is 223 g/mol. The van der Waals surface area contributed by atoms with Gasteiger partial charge in [0.2, 0.25) is 6.29 Å². The highest BCUT2D eigenvalue weighted by molar-refractivity contribution is 6.23. The van der Waals surface area contributed by atoms with E-state index in [-0.39, 0.29) is 18.6 Å². The smallest absolute Gasteiger partial charge is 0.284 e. The van der Waals surface area contributed by atoms with Gasteiger partial charge in [0.1, 0.15) is 5.82 Å². The molecule has 4 heteroatoms. The summed E-state index contributed by atoms with van der Waals surface area (Å²) in [5, 5.41) is 2.42. The van der Waals surface area contributed by atoms with Gasteiger partial charge in [-0.05, 0) is 11.6 Å². The van der Waals surface area contributed by atoms with Crippen molar-refractivity contribution in [1.82, 2.24) is 5.32 Å². The third-order valence-corrected chi connectivity index (χ3v) is 2.41. The van der Waals surface area contributed by atoms with E-state index in [9.17, 15) is 14.0 Å². The van der Waals surface area contributed by atoms with E-state index >= 15 is 0 Å². The lowest BCUT2D eigenvalue weighted by atomic mass is 9.84. The van der Waals surface area contributed by atoms with E-state index in [2.05, 4.69) is 5.32 Å². The molecule has 1 aromatic carbocycles. The Labute approximate surface area is 93.7 Å². The van der Waals surface area contributed by atoms with Crippen LogP contribution in [0.4, 0.5) is 4.39 Å². The predicted octanol–water partition coefficient (Wildman–Crippen LogP) is 1.42. The molecule has 0 fully saturated rings. The molecule has 86 valence electrons. The molecule has 0 heterocycles. The highest BCUT2D eigenvalue weighted by Gasteiger charge is 2.24. The van der Waals surface area contributed by atoms with Gasteiger partial charge in [-0.25, -0.2) is 4.39 Å². The molecular formula is C12H14FNO2. The average molecular weight is 223 g/mol. The SMILES string of the molecule is CC(C)(CNC(=O)C=O)c1ccccc1F. The molecule has 3 nitrogen and oxygen atoms in total. The van der Waals surface area contributed by atoms with E-state index in [1.807, 2.05) is 0 Å². The van der Waals surface area contributed by atoms with Crippen LogP contribution in [0.3, 0.4) is 0 Å². The topological polar surface area (TPSA) is 46.2 Å². The van der Waals surface area contributed by atoms with Crippen LogP contribution in [-0.4, -0.2) is 18.7 Å². The third kappa shape index (κ3) is 2.89. The number of carbonyl (C=O) groups excluding carboxylic acids is 2. The standard InChI is InChI=1S/C12H14FNO2/c1-12(2,8-14-11(16)7-15)9-5-3-4-6-10(9)13/h3-7H,8H2,1-2H3,(H,14,16). The molecule has 0 atom stereocenters. The second kappa shape index (κ2) is 4.88. The number of amides is 1. The lowest BCUT2D eigenvalue weighted by Gasteiger charge is -2.25. The molecular weight excluding hydrogens is 209 g/mol. The lowest BCUT2D eigenvalue weighted by Crippen LogP contribution is -2.37. The first-order chi connectivity index (χ1) is 7.47. The normalized spacial score (nSPS) is 10.9. The highest BCUT2D eigenvalue weighted by Crippen LogP contribution is 2.24. The number of benzene rings is 1. The summed E-state index contributed by atoms with van der Waals surface area (Å²) < 4.78 is 13.5. The second-order valence-corrected chi connectivity index (χ2v) is 4.20. The number of rotatable bonds is 4. The van der Waals surface area contributed by atoms with Gasteiger partial charge >= 0.3 is 0 Å². The highest BCUT2D eigenvalue weighted by atomic mass is 19.1. The van der Waals surface area contributed by atoms with Crippen LogP contribution in [0.1, 0.15) is 19.4 Å². The molecule has 0 unspecified atom stereocenters. The first-order valence-corrected chi connectivity index (χ1v) is 4.95. The van der Waals surface area contributed by atoms with Crippen LogP contribution in [0.2, 0.25) is 0 Å². The van der Waals surface area contributed by atoms with Gasteiger partial charge in [0.15, 0.2) is 0 Å². The molecule has 0 radical (unpaired) electrons. The summed E-state index contributed by atoms with van der Waals surface area (Å²) >= 11 is 0. The largest absolute Gasteiger partial charge is 0.349 e. The van der Waals surface area contributed by atoms with E-state index in [0.717, 1.165) is 0 Å². The Bertz CT molecular complexity index is 402. The summed E-state index contributed by atoms with van der Waals surface area (Å²) in [4.78, 5) is 20.9. The Kier molecular flexibility index (Phi) is 3.77. The molecule has 0 bridgehead atoms. The maximum Gasteiger partial charge on any atom is 0.284 e. The van der Waals surface area contributed by atoms with E-state index < -0.39 is 11.3 Å². The molecule has 0 aliphatic carbocycles. The maximum absolute atomic E-state index is 13.5. The number of halogens is 1. The Morgan fingerprint density at radius 2 is 2.06 bits per heavy atom. The zero-order valence-electron chi connectivity index (χ0n) is 9.29. The van der Waals surface area contributed by atoms with Gasteiger partial charge in [0.05, 0.1) is 0 Å². The summed E-state index contributed by atoms with van der Waals surface area (Å²) in [5.41, 5.74) is -0.0366. The molecule has 1 rings (SSSR count). The molecule has 0 aromatic heterocycles. The molecule has 1 aromatic rings. The number of hydrogen-bond donors (Lipinski definition) is 1. The van der Waals surface area contributed by atoms with E-state index in [1.54, 1.807) is 32.0 Å². The lowest BCUT2D eigenvalue weighted by molar-refractivity contribution is -0.131. The number of nitrogens with one attached hydrogen (secondary N) is 1. The van der Waals surface area contributed by atoms with Crippen LogP contribution < -0.4 is 5.32 Å². The minimum Gasteiger partial charge on any atom is -0.349 e. The van der Waals surface area contributed by atoms with E-state index in [1.165, 1.54) is 6.07 Å². The van der Waals surface area contributed by atoms with Gasteiger partial charge in [0.25, 0.3) is 5.91 Å². The summed E-state index contributed by atoms with van der Waals surface area (Å²) in [5.74, 6) is -1.00. The van der Waals surface area contributed by atoms with Gasteiger partial charge in [-0.3, -0.25) is 9.59 Å². The van der Waals surface area contributed by atoms with Crippen LogP contribution in [-0.2, 0) is 15.0 Å². The summed E-state index contributed by atoms with van der Waals surface area (Å²) in [6, 6.07) is 6.39. The summed E-state index contributed by atoms with van der Waals surface area (Å²) in [6.45, 7) is 3.82. The molecule has 16 heavy (non-hydrogen) atoms. The maximum atomic E-state index is 13.5. The zero-order valence-corrected chi connectivity index (χ0v) is 9.29. The van der Waals surface area contributed by atoms with Crippen LogP contribution >= 0.6 is 0 Å². The van der Waals surface area contributed by atoms with Crippen molar-refractivity contribution >= 4 is 12.2 Å². The van der Waals surface area contributed by atoms with Crippen molar-refractivity contribution in [2.75, 3.05) is 6.54 Å². The van der Waals surface area contributed by atoms with Crippen molar-refractivity contribution in [3.63, 3.8) is 0 Å². The molecule has 1 N–H and O–H groups in total. The van der Waals surface area contributed by atoms with Crippen molar-refractivity contribution in [2.45, 2.75) is 19.3 Å². The zero-order chi connectivity index (χ0) is 12.2. The number of hydrogen-bond acceptors (Lipinski definition) is 2. The predicted molar refractivity (Wildman–Crippen MR) is 58.5 cm³/mol. The minimum atomic E-state index is -0.690. The molecule has 0 aliphatic heterocycles. The van der Waals surface area contributed by atoms with Crippen molar-refractivity contribution in [3.8, 4) is 0 Å².